The zero-order valence-electron chi connectivity index (χ0n) is 15.1. The molecule has 4 nitrogen and oxygen atoms in total. The summed E-state index contributed by atoms with van der Waals surface area (Å²) in [6.07, 6.45) is -4.52. The van der Waals surface area contributed by atoms with Crippen molar-refractivity contribution in [1.29, 1.82) is 0 Å². The molecule has 0 unspecified atom stereocenters. The third-order valence-corrected chi connectivity index (χ3v) is 6.34. The molecule has 0 radical (unpaired) electrons. The van der Waals surface area contributed by atoms with Crippen LogP contribution in [0.2, 0.25) is 5.02 Å². The first kappa shape index (κ1) is 20.0. The number of anilines is 2. The van der Waals surface area contributed by atoms with E-state index in [1.165, 1.54) is 17.4 Å². The van der Waals surface area contributed by atoms with Gasteiger partial charge in [-0.1, -0.05) is 29.8 Å². The second-order valence-electron chi connectivity index (χ2n) is 6.52. The van der Waals surface area contributed by atoms with Gasteiger partial charge in [-0.3, -0.25) is 4.79 Å². The maximum atomic E-state index is 13.2. The number of hydrogen-bond donors (Lipinski definition) is 1. The summed E-state index contributed by atoms with van der Waals surface area (Å²) in [6.45, 7) is 1.99. The van der Waals surface area contributed by atoms with Gasteiger partial charge in [-0.2, -0.15) is 13.2 Å². The first-order chi connectivity index (χ1) is 13.8. The molecule has 0 bridgehead atoms. The van der Waals surface area contributed by atoms with Crippen molar-refractivity contribution >= 4 is 50.3 Å². The fourth-order valence-corrected chi connectivity index (χ4v) is 4.64. The van der Waals surface area contributed by atoms with Crippen LogP contribution in [0.15, 0.2) is 42.5 Å². The number of carbonyl (C=O) groups is 1. The third-order valence-electron chi connectivity index (χ3n) is 4.66. The van der Waals surface area contributed by atoms with Crippen molar-refractivity contribution in [2.24, 2.45) is 0 Å². The predicted molar refractivity (Wildman–Crippen MR) is 109 cm³/mol. The summed E-state index contributed by atoms with van der Waals surface area (Å²) in [4.78, 5) is 15.0. The molecule has 1 aromatic heterocycles. The highest BCUT2D eigenvalue weighted by atomic mass is 35.5. The summed E-state index contributed by atoms with van der Waals surface area (Å²) >= 11 is 7.56. The highest BCUT2D eigenvalue weighted by Gasteiger charge is 2.32. The van der Waals surface area contributed by atoms with Gasteiger partial charge in [-0.15, -0.1) is 11.3 Å². The summed E-state index contributed by atoms with van der Waals surface area (Å²) in [5.41, 5.74) is -0.209. The second kappa shape index (κ2) is 7.85. The number of fused-ring (bicyclic) bond motifs is 1. The first-order valence-electron chi connectivity index (χ1n) is 8.87. The van der Waals surface area contributed by atoms with Gasteiger partial charge < -0.3 is 15.0 Å². The van der Waals surface area contributed by atoms with Crippen molar-refractivity contribution in [3.05, 3.63) is 57.9 Å². The molecule has 0 aliphatic carbocycles. The van der Waals surface area contributed by atoms with E-state index in [0.717, 1.165) is 22.2 Å². The zero-order valence-corrected chi connectivity index (χ0v) is 16.6. The number of carbonyl (C=O) groups excluding carboxylic acids is 1. The van der Waals surface area contributed by atoms with E-state index in [0.29, 0.717) is 37.0 Å². The van der Waals surface area contributed by atoms with Gasteiger partial charge in [0, 0.05) is 23.2 Å². The molecule has 3 aromatic rings. The third kappa shape index (κ3) is 4.05. The lowest BCUT2D eigenvalue weighted by molar-refractivity contribution is -0.137. The molecule has 0 atom stereocenters. The van der Waals surface area contributed by atoms with Crippen molar-refractivity contribution in [2.45, 2.75) is 6.18 Å². The Labute approximate surface area is 173 Å². The van der Waals surface area contributed by atoms with Crippen molar-refractivity contribution in [1.82, 2.24) is 0 Å². The molecule has 29 heavy (non-hydrogen) atoms. The Kier molecular flexibility index (Phi) is 5.42. The van der Waals surface area contributed by atoms with Gasteiger partial charge in [0.1, 0.15) is 4.88 Å². The Morgan fingerprint density at radius 3 is 2.55 bits per heavy atom. The highest BCUT2D eigenvalue weighted by molar-refractivity contribution is 7.21. The molecule has 1 N–H and O–H groups in total. The maximum absolute atomic E-state index is 13.2. The summed E-state index contributed by atoms with van der Waals surface area (Å²) in [5, 5.41) is 3.68. The minimum atomic E-state index is -4.52. The van der Waals surface area contributed by atoms with Crippen LogP contribution in [0.1, 0.15) is 15.2 Å². The minimum Gasteiger partial charge on any atom is -0.378 e. The lowest BCUT2D eigenvalue weighted by Crippen LogP contribution is -2.36. The normalized spacial score (nSPS) is 15.0. The van der Waals surface area contributed by atoms with Crippen LogP contribution in [0.5, 0.6) is 0 Å². The van der Waals surface area contributed by atoms with Gasteiger partial charge in [-0.25, -0.2) is 0 Å². The number of ether oxygens (including phenoxy) is 1. The topological polar surface area (TPSA) is 41.6 Å². The van der Waals surface area contributed by atoms with Crippen LogP contribution in [-0.4, -0.2) is 32.2 Å². The van der Waals surface area contributed by atoms with Crippen LogP contribution < -0.4 is 10.2 Å². The fourth-order valence-electron chi connectivity index (χ4n) is 3.23. The smallest absolute Gasteiger partial charge is 0.378 e. The van der Waals surface area contributed by atoms with E-state index in [4.69, 9.17) is 16.3 Å². The number of halogens is 4. The molecule has 1 fully saturated rings. The van der Waals surface area contributed by atoms with Gasteiger partial charge in [-0.05, 0) is 24.3 Å². The van der Waals surface area contributed by atoms with Gasteiger partial charge in [0.05, 0.1) is 35.2 Å². The molecule has 4 rings (SSSR count). The fraction of sp³-hybridized carbons (Fsp3) is 0.250. The molecule has 0 saturated carbocycles. The van der Waals surface area contributed by atoms with Gasteiger partial charge in [0.25, 0.3) is 5.91 Å². The minimum absolute atomic E-state index is 0.0975. The van der Waals surface area contributed by atoms with Gasteiger partial charge in [0.2, 0.25) is 0 Å². The number of rotatable bonds is 3. The van der Waals surface area contributed by atoms with Gasteiger partial charge >= 0.3 is 6.18 Å². The van der Waals surface area contributed by atoms with E-state index in [-0.39, 0.29) is 10.6 Å². The molecule has 2 heterocycles. The van der Waals surface area contributed by atoms with E-state index in [9.17, 15) is 18.0 Å². The Hall–Kier alpha value is -2.29. The van der Waals surface area contributed by atoms with Crippen molar-refractivity contribution in [2.75, 3.05) is 36.5 Å². The van der Waals surface area contributed by atoms with Crippen LogP contribution in [0.25, 0.3) is 10.1 Å². The van der Waals surface area contributed by atoms with Crippen LogP contribution in [0.4, 0.5) is 24.5 Å². The zero-order chi connectivity index (χ0) is 20.6. The van der Waals surface area contributed by atoms with Crippen LogP contribution >= 0.6 is 22.9 Å². The molecule has 1 aliphatic heterocycles. The molecular formula is C20H16ClF3N2O2S. The molecular weight excluding hydrogens is 425 g/mol. The Balaban J connectivity index is 1.71. The molecule has 9 heteroatoms. The quantitative estimate of drug-likeness (QED) is 0.571. The van der Waals surface area contributed by atoms with E-state index in [1.807, 2.05) is 23.1 Å². The summed E-state index contributed by atoms with van der Waals surface area (Å²) in [7, 11) is 0. The number of alkyl halides is 3. The lowest BCUT2D eigenvalue weighted by Gasteiger charge is -2.31. The second-order valence-corrected chi connectivity index (χ2v) is 7.95. The summed E-state index contributed by atoms with van der Waals surface area (Å²) < 4.78 is 45.9. The van der Waals surface area contributed by atoms with Crippen LogP contribution in [0, 0.1) is 0 Å². The molecule has 1 amide bonds. The van der Waals surface area contributed by atoms with E-state index in [1.54, 1.807) is 6.07 Å². The standard InChI is InChI=1S/C20H16ClF3N2O2S/c21-17-13-3-1-2-4-16(13)29-18(17)19(27)25-14-11-12(20(22,23)24)5-6-15(14)26-7-9-28-10-8-26/h1-6,11H,7-10H2,(H,25,27). The van der Waals surface area contributed by atoms with Crippen molar-refractivity contribution < 1.29 is 22.7 Å². The molecule has 1 aliphatic rings. The molecule has 0 spiro atoms. The SMILES string of the molecule is O=C(Nc1cc(C(F)(F)F)ccc1N1CCOCC1)c1sc2ccccc2c1Cl. The monoisotopic (exact) mass is 440 g/mol. The Morgan fingerprint density at radius 2 is 1.86 bits per heavy atom. The largest absolute Gasteiger partial charge is 0.416 e. The molecule has 152 valence electrons. The predicted octanol–water partition coefficient (Wildman–Crippen LogP) is 5.66. The van der Waals surface area contributed by atoms with Crippen molar-refractivity contribution in [3.8, 4) is 0 Å². The Morgan fingerprint density at radius 1 is 1.14 bits per heavy atom. The molecule has 1 saturated heterocycles. The number of benzene rings is 2. The average Bonchev–Trinajstić information content (AvgIpc) is 3.05. The Bertz CT molecular complexity index is 1060. The maximum Gasteiger partial charge on any atom is 0.416 e. The van der Waals surface area contributed by atoms with Gasteiger partial charge in [0.15, 0.2) is 0 Å². The van der Waals surface area contributed by atoms with E-state index in [2.05, 4.69) is 5.32 Å². The number of nitrogens with one attached hydrogen (secondary N) is 1. The number of thiophene rings is 1. The lowest BCUT2D eigenvalue weighted by atomic mass is 10.1. The number of morpholine rings is 1. The number of amides is 1. The van der Waals surface area contributed by atoms with Crippen molar-refractivity contribution in [3.63, 3.8) is 0 Å². The summed E-state index contributed by atoms with van der Waals surface area (Å²) in [6, 6.07) is 10.7. The van der Waals surface area contributed by atoms with E-state index >= 15 is 0 Å². The van der Waals surface area contributed by atoms with Crippen LogP contribution in [0.3, 0.4) is 0 Å². The number of nitrogens with zero attached hydrogens (tertiary/aromatic N) is 1. The van der Waals surface area contributed by atoms with E-state index < -0.39 is 17.6 Å². The first-order valence-corrected chi connectivity index (χ1v) is 10.1. The summed E-state index contributed by atoms with van der Waals surface area (Å²) in [5.74, 6) is -0.537. The van der Waals surface area contributed by atoms with Crippen LogP contribution in [-0.2, 0) is 10.9 Å². The average molecular weight is 441 g/mol. The molecule has 2 aromatic carbocycles. The number of hydrogen-bond acceptors (Lipinski definition) is 4. The highest BCUT2D eigenvalue weighted by Crippen LogP contribution is 2.38.